The third-order valence-electron chi connectivity index (χ3n) is 2.92. The minimum atomic E-state index is 0.723. The molecule has 17 heavy (non-hydrogen) atoms. The molecule has 3 rings (SSSR count). The monoisotopic (exact) mass is 228 g/mol. The maximum Gasteiger partial charge on any atom is 0.0831 e. The van der Waals surface area contributed by atoms with Crippen molar-refractivity contribution in [2.75, 3.05) is 0 Å². The van der Waals surface area contributed by atoms with Crippen molar-refractivity contribution in [1.29, 1.82) is 0 Å². The van der Waals surface area contributed by atoms with Crippen LogP contribution in [0, 0.1) is 6.92 Å². The second-order valence-corrected chi connectivity index (χ2v) is 4.63. The Balaban J connectivity index is 1.74. The quantitative estimate of drug-likeness (QED) is 0.868. The maximum atomic E-state index is 4.54. The SMILES string of the molecule is Cc1cncc(-n2ccc(CNC3CC3)n2)c1. The summed E-state index contributed by atoms with van der Waals surface area (Å²) in [7, 11) is 0. The molecule has 2 heterocycles. The Kier molecular flexibility index (Phi) is 2.65. The van der Waals surface area contributed by atoms with E-state index in [9.17, 15) is 0 Å². The van der Waals surface area contributed by atoms with E-state index in [0.717, 1.165) is 29.5 Å². The van der Waals surface area contributed by atoms with Crippen LogP contribution in [0.15, 0.2) is 30.7 Å². The number of aromatic nitrogens is 3. The van der Waals surface area contributed by atoms with E-state index >= 15 is 0 Å². The van der Waals surface area contributed by atoms with Gasteiger partial charge in [-0.1, -0.05) is 0 Å². The van der Waals surface area contributed by atoms with Crippen molar-refractivity contribution < 1.29 is 0 Å². The fourth-order valence-corrected chi connectivity index (χ4v) is 1.80. The molecule has 0 atom stereocenters. The van der Waals surface area contributed by atoms with Crippen LogP contribution in [0.1, 0.15) is 24.1 Å². The lowest BCUT2D eigenvalue weighted by atomic mass is 10.3. The summed E-state index contributed by atoms with van der Waals surface area (Å²) >= 11 is 0. The Morgan fingerprint density at radius 2 is 2.29 bits per heavy atom. The van der Waals surface area contributed by atoms with Gasteiger partial charge in [-0.05, 0) is 37.5 Å². The molecular weight excluding hydrogens is 212 g/mol. The summed E-state index contributed by atoms with van der Waals surface area (Å²) < 4.78 is 1.88. The molecule has 0 aromatic carbocycles. The molecule has 1 fully saturated rings. The lowest BCUT2D eigenvalue weighted by Gasteiger charge is -2.02. The highest BCUT2D eigenvalue weighted by Gasteiger charge is 2.20. The zero-order chi connectivity index (χ0) is 11.7. The van der Waals surface area contributed by atoms with E-state index in [-0.39, 0.29) is 0 Å². The van der Waals surface area contributed by atoms with Crippen LogP contribution < -0.4 is 5.32 Å². The largest absolute Gasteiger partial charge is 0.308 e. The van der Waals surface area contributed by atoms with Gasteiger partial charge in [0.05, 0.1) is 17.6 Å². The summed E-state index contributed by atoms with van der Waals surface area (Å²) in [6, 6.07) is 4.86. The number of nitrogens with one attached hydrogen (secondary N) is 1. The Labute approximate surface area is 101 Å². The molecule has 1 saturated carbocycles. The Morgan fingerprint density at radius 1 is 1.41 bits per heavy atom. The van der Waals surface area contributed by atoms with Crippen LogP contribution in [0.3, 0.4) is 0 Å². The average Bonchev–Trinajstić information content (AvgIpc) is 3.04. The minimum absolute atomic E-state index is 0.723. The molecule has 0 bridgehead atoms. The molecule has 1 aliphatic carbocycles. The lowest BCUT2D eigenvalue weighted by molar-refractivity contribution is 0.664. The summed E-state index contributed by atoms with van der Waals surface area (Å²) in [6.07, 6.45) is 8.28. The molecule has 0 radical (unpaired) electrons. The first-order chi connectivity index (χ1) is 8.31. The van der Waals surface area contributed by atoms with Crippen molar-refractivity contribution in [2.24, 2.45) is 0 Å². The van der Waals surface area contributed by atoms with E-state index in [0.29, 0.717) is 0 Å². The molecule has 0 unspecified atom stereocenters. The summed E-state index contributed by atoms with van der Waals surface area (Å²) in [4.78, 5) is 4.18. The van der Waals surface area contributed by atoms with Crippen LogP contribution in [-0.2, 0) is 6.54 Å². The predicted octanol–water partition coefficient (Wildman–Crippen LogP) is 1.83. The first-order valence-corrected chi connectivity index (χ1v) is 6.01. The van der Waals surface area contributed by atoms with E-state index in [1.807, 2.05) is 30.2 Å². The fraction of sp³-hybridized carbons (Fsp3) is 0.385. The summed E-state index contributed by atoms with van der Waals surface area (Å²) in [5.41, 5.74) is 3.25. The van der Waals surface area contributed by atoms with Gasteiger partial charge in [0.15, 0.2) is 0 Å². The van der Waals surface area contributed by atoms with Crippen molar-refractivity contribution in [1.82, 2.24) is 20.1 Å². The smallest absolute Gasteiger partial charge is 0.0831 e. The molecule has 1 N–H and O–H groups in total. The molecule has 88 valence electrons. The van der Waals surface area contributed by atoms with Crippen LogP contribution in [0.25, 0.3) is 5.69 Å². The van der Waals surface area contributed by atoms with Gasteiger partial charge in [0.1, 0.15) is 0 Å². The van der Waals surface area contributed by atoms with E-state index in [2.05, 4.69) is 27.5 Å². The normalized spacial score (nSPS) is 15.1. The number of aryl methyl sites for hydroxylation is 1. The molecule has 0 saturated heterocycles. The molecule has 2 aromatic rings. The van der Waals surface area contributed by atoms with E-state index in [1.165, 1.54) is 12.8 Å². The highest BCUT2D eigenvalue weighted by Crippen LogP contribution is 2.19. The third kappa shape index (κ3) is 2.53. The second kappa shape index (κ2) is 4.30. The van der Waals surface area contributed by atoms with E-state index < -0.39 is 0 Å². The number of hydrogen-bond acceptors (Lipinski definition) is 3. The molecule has 0 aliphatic heterocycles. The number of hydrogen-bond donors (Lipinski definition) is 1. The van der Waals surface area contributed by atoms with Crippen LogP contribution >= 0.6 is 0 Å². The van der Waals surface area contributed by atoms with Gasteiger partial charge in [-0.15, -0.1) is 0 Å². The van der Waals surface area contributed by atoms with Gasteiger partial charge in [0.25, 0.3) is 0 Å². The second-order valence-electron chi connectivity index (χ2n) is 4.63. The topological polar surface area (TPSA) is 42.7 Å². The van der Waals surface area contributed by atoms with Gasteiger partial charge >= 0.3 is 0 Å². The molecule has 1 aliphatic rings. The summed E-state index contributed by atoms with van der Waals surface area (Å²) in [6.45, 7) is 2.90. The van der Waals surface area contributed by atoms with Gasteiger partial charge in [0.2, 0.25) is 0 Å². The molecule has 0 spiro atoms. The van der Waals surface area contributed by atoms with Gasteiger partial charge in [-0.25, -0.2) is 4.68 Å². The highest BCUT2D eigenvalue weighted by molar-refractivity contribution is 5.30. The molecule has 0 amide bonds. The summed E-state index contributed by atoms with van der Waals surface area (Å²) in [5.74, 6) is 0. The number of rotatable bonds is 4. The van der Waals surface area contributed by atoms with Crippen LogP contribution in [0.4, 0.5) is 0 Å². The van der Waals surface area contributed by atoms with Crippen LogP contribution in [0.2, 0.25) is 0 Å². The van der Waals surface area contributed by atoms with Gasteiger partial charge in [-0.2, -0.15) is 5.10 Å². The maximum absolute atomic E-state index is 4.54. The van der Waals surface area contributed by atoms with E-state index in [1.54, 1.807) is 0 Å². The Bertz CT molecular complexity index is 514. The average molecular weight is 228 g/mol. The summed E-state index contributed by atoms with van der Waals surface area (Å²) in [5, 5.41) is 7.99. The van der Waals surface area contributed by atoms with E-state index in [4.69, 9.17) is 0 Å². The Hall–Kier alpha value is -1.68. The van der Waals surface area contributed by atoms with Crippen LogP contribution in [0.5, 0.6) is 0 Å². The number of pyridine rings is 1. The first-order valence-electron chi connectivity index (χ1n) is 6.01. The van der Waals surface area contributed by atoms with Crippen molar-refractivity contribution in [3.63, 3.8) is 0 Å². The minimum Gasteiger partial charge on any atom is -0.308 e. The lowest BCUT2D eigenvalue weighted by Crippen LogP contribution is -2.15. The van der Waals surface area contributed by atoms with Crippen molar-refractivity contribution in [3.05, 3.63) is 42.0 Å². The van der Waals surface area contributed by atoms with Crippen LogP contribution in [-0.4, -0.2) is 20.8 Å². The standard InChI is InChI=1S/C13H16N4/c1-10-6-13(9-14-7-10)17-5-4-12(16-17)8-15-11-2-3-11/h4-7,9,11,15H,2-3,8H2,1H3. The van der Waals surface area contributed by atoms with Crippen molar-refractivity contribution >= 4 is 0 Å². The zero-order valence-corrected chi connectivity index (χ0v) is 9.93. The molecule has 2 aromatic heterocycles. The van der Waals surface area contributed by atoms with Gasteiger partial charge < -0.3 is 5.32 Å². The molecule has 4 heteroatoms. The molecular formula is C13H16N4. The van der Waals surface area contributed by atoms with Gasteiger partial charge in [-0.3, -0.25) is 4.98 Å². The number of nitrogens with zero attached hydrogens (tertiary/aromatic N) is 3. The van der Waals surface area contributed by atoms with Crippen molar-refractivity contribution in [3.8, 4) is 5.69 Å². The third-order valence-corrected chi connectivity index (χ3v) is 2.92. The highest BCUT2D eigenvalue weighted by atomic mass is 15.3. The predicted molar refractivity (Wildman–Crippen MR) is 66.0 cm³/mol. The zero-order valence-electron chi connectivity index (χ0n) is 9.93. The fourth-order valence-electron chi connectivity index (χ4n) is 1.80. The molecule has 4 nitrogen and oxygen atoms in total. The first kappa shape index (κ1) is 10.5. The van der Waals surface area contributed by atoms with Gasteiger partial charge in [0, 0.05) is 25.0 Å². The Morgan fingerprint density at radius 3 is 3.06 bits per heavy atom. The van der Waals surface area contributed by atoms with Crippen molar-refractivity contribution in [2.45, 2.75) is 32.4 Å².